The van der Waals surface area contributed by atoms with E-state index >= 15 is 0 Å². The molecular weight excluding hydrogens is 437 g/mol. The van der Waals surface area contributed by atoms with Gasteiger partial charge >= 0.3 is 6.18 Å². The maximum absolute atomic E-state index is 12.4. The molecule has 12 heteroatoms. The zero-order valence-corrected chi connectivity index (χ0v) is 18.0. The van der Waals surface area contributed by atoms with Gasteiger partial charge in [0.2, 0.25) is 11.0 Å². The third-order valence-corrected chi connectivity index (χ3v) is 6.02. The highest BCUT2D eigenvalue weighted by atomic mass is 32.2. The summed E-state index contributed by atoms with van der Waals surface area (Å²) in [4.78, 5) is 12.4. The van der Waals surface area contributed by atoms with Gasteiger partial charge in [0, 0.05) is 0 Å². The maximum atomic E-state index is 12.4. The Morgan fingerprint density at radius 1 is 1.17 bits per heavy atom. The van der Waals surface area contributed by atoms with Crippen LogP contribution in [-0.2, 0) is 4.79 Å². The van der Waals surface area contributed by atoms with Gasteiger partial charge in [-0.1, -0.05) is 40.8 Å². The van der Waals surface area contributed by atoms with Crippen molar-refractivity contribution in [3.8, 4) is 5.69 Å². The summed E-state index contributed by atoms with van der Waals surface area (Å²) in [6, 6.07) is 7.88. The van der Waals surface area contributed by atoms with E-state index in [2.05, 4.69) is 25.9 Å². The predicted octanol–water partition coefficient (Wildman–Crippen LogP) is 4.35. The first-order valence-electron chi connectivity index (χ1n) is 8.82. The average Bonchev–Trinajstić information content (AvgIpc) is 3.25. The minimum Gasteiger partial charge on any atom is -0.351 e. The molecule has 2 N–H and O–H groups in total. The zero-order valence-electron chi connectivity index (χ0n) is 16.4. The van der Waals surface area contributed by atoms with Crippen LogP contribution in [-0.4, -0.2) is 44.4 Å². The van der Waals surface area contributed by atoms with Crippen molar-refractivity contribution in [2.24, 2.45) is 0 Å². The number of thioether (sulfide) groups is 1. The Morgan fingerprint density at radius 2 is 1.87 bits per heavy atom. The molecule has 30 heavy (non-hydrogen) atoms. The highest BCUT2D eigenvalue weighted by Gasteiger charge is 2.27. The molecule has 0 spiro atoms. The molecule has 0 saturated heterocycles. The number of hydrogen-bond acceptors (Lipinski definition) is 7. The van der Waals surface area contributed by atoms with Crippen molar-refractivity contribution in [3.63, 3.8) is 0 Å². The van der Waals surface area contributed by atoms with Crippen LogP contribution in [0.1, 0.15) is 17.0 Å². The smallest absolute Gasteiger partial charge is 0.351 e. The molecule has 0 aliphatic heterocycles. The fraction of sp³-hybridized carbons (Fsp3) is 0.333. The van der Waals surface area contributed by atoms with E-state index in [1.807, 2.05) is 45.0 Å². The van der Waals surface area contributed by atoms with E-state index < -0.39 is 12.7 Å². The highest BCUT2D eigenvalue weighted by molar-refractivity contribution is 8.01. The molecule has 0 bridgehead atoms. The quantitative estimate of drug-likeness (QED) is 0.514. The molecule has 160 valence electrons. The number of alkyl halides is 3. The van der Waals surface area contributed by atoms with Crippen molar-refractivity contribution in [2.45, 2.75) is 31.3 Å². The maximum Gasteiger partial charge on any atom is 0.405 e. The van der Waals surface area contributed by atoms with Crippen LogP contribution in [0.3, 0.4) is 0 Å². The van der Waals surface area contributed by atoms with Crippen molar-refractivity contribution in [2.75, 3.05) is 22.9 Å². The van der Waals surface area contributed by atoms with Crippen molar-refractivity contribution in [1.29, 1.82) is 0 Å². The highest BCUT2D eigenvalue weighted by Crippen LogP contribution is 2.27. The molecule has 0 fully saturated rings. The van der Waals surface area contributed by atoms with Crippen molar-refractivity contribution in [1.82, 2.24) is 20.0 Å². The Balaban J connectivity index is 1.59. The monoisotopic (exact) mass is 456 g/mol. The molecule has 2 heterocycles. The van der Waals surface area contributed by atoms with Crippen molar-refractivity contribution >= 4 is 39.8 Å². The van der Waals surface area contributed by atoms with Crippen LogP contribution in [0.2, 0.25) is 0 Å². The van der Waals surface area contributed by atoms with Gasteiger partial charge in [-0.25, -0.2) is 4.68 Å². The van der Waals surface area contributed by atoms with Gasteiger partial charge in [0.15, 0.2) is 4.34 Å². The minimum absolute atomic E-state index is 0.0441. The lowest BCUT2D eigenvalue weighted by atomic mass is 10.2. The lowest BCUT2D eigenvalue weighted by Crippen LogP contribution is -2.21. The number of nitrogens with one attached hydrogen (secondary N) is 2. The number of aryl methyl sites for hydroxylation is 2. The number of nitrogens with zero attached hydrogens (tertiary/aromatic N) is 4. The Kier molecular flexibility index (Phi) is 6.66. The number of amides is 1. The Hall–Kier alpha value is -2.60. The summed E-state index contributed by atoms with van der Waals surface area (Å²) in [7, 11) is 0. The van der Waals surface area contributed by atoms with E-state index in [9.17, 15) is 18.0 Å². The Bertz CT molecular complexity index is 1030. The predicted molar refractivity (Wildman–Crippen MR) is 112 cm³/mol. The number of halogens is 3. The normalized spacial score (nSPS) is 11.5. The van der Waals surface area contributed by atoms with Gasteiger partial charge in [-0.3, -0.25) is 4.79 Å². The number of benzene rings is 1. The molecule has 3 rings (SSSR count). The molecule has 0 radical (unpaired) electrons. The molecular formula is C18H19F3N6OS2. The number of anilines is 2. The molecule has 0 aliphatic rings. The molecule has 0 atom stereocenters. The number of carbonyl (C=O) groups is 1. The lowest BCUT2D eigenvalue weighted by molar-refractivity contribution is -0.115. The van der Waals surface area contributed by atoms with E-state index in [0.29, 0.717) is 15.7 Å². The number of carbonyl (C=O) groups excluding carboxylic acids is 1. The summed E-state index contributed by atoms with van der Waals surface area (Å²) >= 11 is 2.07. The van der Waals surface area contributed by atoms with E-state index in [4.69, 9.17) is 0 Å². The van der Waals surface area contributed by atoms with Gasteiger partial charge in [-0.15, -0.1) is 10.2 Å². The van der Waals surface area contributed by atoms with Gasteiger partial charge in [0.25, 0.3) is 0 Å². The number of aromatic nitrogens is 4. The third-order valence-electron chi connectivity index (χ3n) is 4.01. The fourth-order valence-electron chi connectivity index (χ4n) is 2.58. The molecule has 3 aromatic rings. The Labute approximate surface area is 179 Å². The molecule has 0 aliphatic carbocycles. The first kappa shape index (κ1) is 22.1. The third kappa shape index (κ3) is 5.72. The number of hydrogen-bond donors (Lipinski definition) is 2. The first-order valence-corrected chi connectivity index (χ1v) is 10.6. The number of rotatable bonds is 7. The summed E-state index contributed by atoms with van der Waals surface area (Å²) in [5.74, 6) is -0.225. The van der Waals surface area contributed by atoms with Crippen LogP contribution in [0.5, 0.6) is 0 Å². The second-order valence-corrected chi connectivity index (χ2v) is 8.67. The lowest BCUT2D eigenvalue weighted by Gasteiger charge is -2.07. The van der Waals surface area contributed by atoms with Crippen molar-refractivity contribution in [3.05, 3.63) is 41.2 Å². The van der Waals surface area contributed by atoms with Gasteiger partial charge < -0.3 is 10.6 Å². The van der Waals surface area contributed by atoms with Crippen LogP contribution < -0.4 is 10.6 Å². The second-order valence-electron chi connectivity index (χ2n) is 6.47. The Morgan fingerprint density at radius 3 is 2.53 bits per heavy atom. The topological polar surface area (TPSA) is 84.7 Å². The standard InChI is InChI=1S/C18H19F3N6OS2/c1-10-4-6-13(7-5-10)27-12(3)15(11(2)26-27)23-14(28)8-29-17-25-24-16(30-17)22-9-18(19,20)21/h4-7H,8-9H2,1-3H3,(H,22,24)(H,23,28). The van der Waals surface area contributed by atoms with Crippen LogP contribution in [0.25, 0.3) is 5.69 Å². The summed E-state index contributed by atoms with van der Waals surface area (Å²) in [6.07, 6.45) is -4.34. The van der Waals surface area contributed by atoms with Gasteiger partial charge in [-0.2, -0.15) is 18.3 Å². The summed E-state index contributed by atoms with van der Waals surface area (Å²) in [5.41, 5.74) is 4.14. The van der Waals surface area contributed by atoms with Crippen LogP contribution in [0, 0.1) is 20.8 Å². The van der Waals surface area contributed by atoms with Gasteiger partial charge in [0.1, 0.15) is 6.54 Å². The second kappa shape index (κ2) is 9.04. The summed E-state index contributed by atoms with van der Waals surface area (Å²) in [6.45, 7) is 4.49. The van der Waals surface area contributed by atoms with Crippen molar-refractivity contribution < 1.29 is 18.0 Å². The largest absolute Gasteiger partial charge is 0.405 e. The minimum atomic E-state index is -4.34. The average molecular weight is 457 g/mol. The molecule has 1 amide bonds. The van der Waals surface area contributed by atoms with E-state index in [1.165, 1.54) is 0 Å². The molecule has 1 aromatic carbocycles. The SMILES string of the molecule is Cc1ccc(-n2nc(C)c(NC(=O)CSc3nnc(NCC(F)(F)F)s3)c2C)cc1. The zero-order chi connectivity index (χ0) is 21.9. The van der Waals surface area contributed by atoms with E-state index in [0.717, 1.165) is 40.0 Å². The first-order chi connectivity index (χ1) is 14.1. The molecule has 2 aromatic heterocycles. The molecule has 7 nitrogen and oxygen atoms in total. The van der Waals surface area contributed by atoms with Gasteiger partial charge in [-0.05, 0) is 32.9 Å². The fourth-order valence-corrected chi connectivity index (χ4v) is 4.13. The molecule has 0 unspecified atom stereocenters. The van der Waals surface area contributed by atoms with E-state index in [1.54, 1.807) is 4.68 Å². The van der Waals surface area contributed by atoms with Crippen LogP contribution >= 0.6 is 23.1 Å². The summed E-state index contributed by atoms with van der Waals surface area (Å²) < 4.78 is 38.9. The molecule has 0 saturated carbocycles. The van der Waals surface area contributed by atoms with Crippen LogP contribution in [0.15, 0.2) is 28.6 Å². The van der Waals surface area contributed by atoms with Gasteiger partial charge in [0.05, 0.1) is 28.5 Å². The summed E-state index contributed by atoms with van der Waals surface area (Å²) in [5, 5.41) is 17.0. The van der Waals surface area contributed by atoms with E-state index in [-0.39, 0.29) is 16.8 Å². The van der Waals surface area contributed by atoms with Crippen LogP contribution in [0.4, 0.5) is 24.0 Å².